The molecule has 0 N–H and O–H groups in total. The maximum absolute atomic E-state index is 12.8. The molecule has 0 aliphatic carbocycles. The number of hydrogen-bond acceptors (Lipinski definition) is 5. The van der Waals surface area contributed by atoms with Crippen molar-refractivity contribution in [2.75, 3.05) is 14.2 Å². The Bertz CT molecular complexity index is 1290. The number of benzene rings is 3. The van der Waals surface area contributed by atoms with Gasteiger partial charge in [-0.15, -0.1) is 0 Å². The van der Waals surface area contributed by atoms with Crippen LogP contribution < -0.4 is 9.47 Å². The fraction of sp³-hybridized carbons (Fsp3) is 0.154. The van der Waals surface area contributed by atoms with Gasteiger partial charge in [0.25, 0.3) is 5.91 Å². The Balaban J connectivity index is 1.51. The monoisotopic (exact) mass is 512 g/mol. The molecule has 3 aromatic carbocycles. The molecule has 1 fully saturated rings. The molecule has 0 radical (unpaired) electrons. The number of amides is 1. The number of ether oxygens (including phenoxy) is 2. The van der Waals surface area contributed by atoms with E-state index in [1.807, 2.05) is 61.5 Å². The second-order valence-corrected chi connectivity index (χ2v) is 9.48. The van der Waals surface area contributed by atoms with Crippen molar-refractivity contribution in [3.63, 3.8) is 0 Å². The summed E-state index contributed by atoms with van der Waals surface area (Å²) in [6.07, 6.45) is 1.83. The van der Waals surface area contributed by atoms with Crippen molar-refractivity contribution in [3.8, 4) is 11.5 Å². The number of carbonyl (C=O) groups excluding carboxylic acids is 1. The quantitative estimate of drug-likeness (QED) is 0.329. The number of methoxy groups -OCH3 is 1. The first-order chi connectivity index (χ1) is 16.3. The van der Waals surface area contributed by atoms with Gasteiger partial charge in [-0.25, -0.2) is 4.99 Å². The van der Waals surface area contributed by atoms with Gasteiger partial charge in [0.15, 0.2) is 16.7 Å². The zero-order valence-electron chi connectivity index (χ0n) is 18.8. The topological polar surface area (TPSA) is 51.1 Å². The first kappa shape index (κ1) is 24.2. The molecule has 1 amide bonds. The summed E-state index contributed by atoms with van der Waals surface area (Å²) in [5.41, 5.74) is 3.67. The van der Waals surface area contributed by atoms with Crippen LogP contribution in [-0.4, -0.2) is 30.1 Å². The van der Waals surface area contributed by atoms with Gasteiger partial charge in [0, 0.05) is 7.05 Å². The van der Waals surface area contributed by atoms with Crippen molar-refractivity contribution in [3.05, 3.63) is 92.3 Å². The summed E-state index contributed by atoms with van der Waals surface area (Å²) < 4.78 is 11.4. The van der Waals surface area contributed by atoms with E-state index in [0.29, 0.717) is 38.2 Å². The van der Waals surface area contributed by atoms with Crippen molar-refractivity contribution in [1.82, 2.24) is 4.90 Å². The summed E-state index contributed by atoms with van der Waals surface area (Å²) >= 11 is 13.4. The Hall–Kier alpha value is -2.93. The van der Waals surface area contributed by atoms with Gasteiger partial charge >= 0.3 is 0 Å². The molecule has 1 aliphatic rings. The molecule has 0 aromatic heterocycles. The maximum Gasteiger partial charge on any atom is 0.266 e. The van der Waals surface area contributed by atoms with Gasteiger partial charge in [-0.1, -0.05) is 53.0 Å². The first-order valence-electron chi connectivity index (χ1n) is 10.4. The molecule has 1 heterocycles. The number of likely N-dealkylation sites (N-methyl/N-ethyl adjacent to an activating group) is 1. The van der Waals surface area contributed by atoms with Crippen LogP contribution in [-0.2, 0) is 11.4 Å². The third-order valence-corrected chi connectivity index (χ3v) is 6.93. The molecule has 5 nitrogen and oxygen atoms in total. The number of carbonyl (C=O) groups is 1. The van der Waals surface area contributed by atoms with E-state index in [4.69, 9.17) is 32.7 Å². The average Bonchev–Trinajstić information content (AvgIpc) is 3.09. The summed E-state index contributed by atoms with van der Waals surface area (Å²) in [6.45, 7) is 2.33. The zero-order valence-corrected chi connectivity index (χ0v) is 21.2. The Morgan fingerprint density at radius 3 is 2.47 bits per heavy atom. The van der Waals surface area contributed by atoms with Gasteiger partial charge in [-0.2, -0.15) is 0 Å². The van der Waals surface area contributed by atoms with E-state index in [1.54, 1.807) is 31.2 Å². The molecule has 1 saturated heterocycles. The van der Waals surface area contributed by atoms with Crippen molar-refractivity contribution >= 4 is 57.8 Å². The minimum absolute atomic E-state index is 0.102. The molecular formula is C26H22Cl2N2O3S. The van der Waals surface area contributed by atoms with Gasteiger partial charge in [-0.05, 0) is 72.3 Å². The lowest BCUT2D eigenvalue weighted by atomic mass is 10.2. The third-order valence-electron chi connectivity index (χ3n) is 5.13. The van der Waals surface area contributed by atoms with Gasteiger partial charge < -0.3 is 9.47 Å². The number of halogens is 2. The van der Waals surface area contributed by atoms with E-state index in [2.05, 4.69) is 4.99 Å². The molecule has 0 unspecified atom stereocenters. The number of rotatable bonds is 6. The highest BCUT2D eigenvalue weighted by molar-refractivity contribution is 8.18. The van der Waals surface area contributed by atoms with Gasteiger partial charge in [-0.3, -0.25) is 9.69 Å². The lowest BCUT2D eigenvalue weighted by molar-refractivity contribution is -0.121. The number of nitrogens with zero attached hydrogens (tertiary/aromatic N) is 2. The van der Waals surface area contributed by atoms with Crippen LogP contribution in [0.15, 0.2) is 70.6 Å². The number of aliphatic imine (C=N–C) groups is 1. The number of hydrogen-bond donors (Lipinski definition) is 0. The van der Waals surface area contributed by atoms with E-state index in [1.165, 1.54) is 11.8 Å². The minimum atomic E-state index is -0.102. The van der Waals surface area contributed by atoms with Crippen molar-refractivity contribution in [2.24, 2.45) is 4.99 Å². The highest BCUT2D eigenvalue weighted by Crippen LogP contribution is 2.35. The van der Waals surface area contributed by atoms with E-state index >= 15 is 0 Å². The lowest BCUT2D eigenvalue weighted by Gasteiger charge is -2.12. The van der Waals surface area contributed by atoms with Gasteiger partial charge in [0.2, 0.25) is 0 Å². The molecular weight excluding hydrogens is 491 g/mol. The van der Waals surface area contributed by atoms with Crippen LogP contribution in [0.5, 0.6) is 11.5 Å². The molecule has 174 valence electrons. The lowest BCUT2D eigenvalue weighted by Crippen LogP contribution is -2.23. The highest BCUT2D eigenvalue weighted by atomic mass is 35.5. The van der Waals surface area contributed by atoms with Crippen LogP contribution in [0.2, 0.25) is 10.0 Å². The molecule has 4 rings (SSSR count). The second-order valence-electron chi connectivity index (χ2n) is 7.65. The first-order valence-corrected chi connectivity index (χ1v) is 12.0. The Morgan fingerprint density at radius 2 is 1.76 bits per heavy atom. The Labute approximate surface area is 213 Å². The number of amidine groups is 1. The normalized spacial score (nSPS) is 15.9. The third kappa shape index (κ3) is 5.58. The average molecular weight is 513 g/mol. The van der Waals surface area contributed by atoms with E-state index in [9.17, 15) is 4.79 Å². The summed E-state index contributed by atoms with van der Waals surface area (Å²) in [5, 5.41) is 1.61. The molecule has 0 spiro atoms. The molecule has 0 atom stereocenters. The van der Waals surface area contributed by atoms with Crippen LogP contribution in [0.4, 0.5) is 5.69 Å². The smallest absolute Gasteiger partial charge is 0.266 e. The Morgan fingerprint density at radius 1 is 1.00 bits per heavy atom. The molecule has 1 aliphatic heterocycles. The molecule has 34 heavy (non-hydrogen) atoms. The summed E-state index contributed by atoms with van der Waals surface area (Å²) in [5.74, 6) is 1.04. The second kappa shape index (κ2) is 10.6. The SMILES string of the molecule is COc1cc(/C=C2/SC(=Nc3ccc(C)cc3)N(C)C2=O)ccc1OCc1ccc(Cl)c(Cl)c1. The van der Waals surface area contributed by atoms with Crippen LogP contribution >= 0.6 is 35.0 Å². The molecule has 0 saturated carbocycles. The largest absolute Gasteiger partial charge is 0.493 e. The van der Waals surface area contributed by atoms with E-state index in [-0.39, 0.29) is 5.91 Å². The van der Waals surface area contributed by atoms with Crippen molar-refractivity contribution < 1.29 is 14.3 Å². The predicted octanol–water partition coefficient (Wildman–Crippen LogP) is 7.12. The van der Waals surface area contributed by atoms with E-state index in [0.717, 1.165) is 22.4 Å². The van der Waals surface area contributed by atoms with Crippen LogP contribution in [0.1, 0.15) is 16.7 Å². The predicted molar refractivity (Wildman–Crippen MR) is 140 cm³/mol. The molecule has 8 heteroatoms. The number of aryl methyl sites for hydroxylation is 1. The molecule has 3 aromatic rings. The van der Waals surface area contributed by atoms with Crippen molar-refractivity contribution in [1.29, 1.82) is 0 Å². The Kier molecular flexibility index (Phi) is 7.51. The summed E-state index contributed by atoms with van der Waals surface area (Å²) in [7, 11) is 3.30. The summed E-state index contributed by atoms with van der Waals surface area (Å²) in [4.78, 5) is 19.5. The minimum Gasteiger partial charge on any atom is -0.493 e. The van der Waals surface area contributed by atoms with Crippen LogP contribution in [0.25, 0.3) is 6.08 Å². The highest BCUT2D eigenvalue weighted by Gasteiger charge is 2.30. The van der Waals surface area contributed by atoms with E-state index < -0.39 is 0 Å². The van der Waals surface area contributed by atoms with Crippen molar-refractivity contribution in [2.45, 2.75) is 13.5 Å². The van der Waals surface area contributed by atoms with Crippen LogP contribution in [0, 0.1) is 6.92 Å². The fourth-order valence-corrected chi connectivity index (χ4v) is 4.52. The number of thioether (sulfide) groups is 1. The maximum atomic E-state index is 12.8. The van der Waals surface area contributed by atoms with Gasteiger partial charge in [0.1, 0.15) is 6.61 Å². The molecule has 0 bridgehead atoms. The van der Waals surface area contributed by atoms with Gasteiger partial charge in [0.05, 0.1) is 27.7 Å². The summed E-state index contributed by atoms with van der Waals surface area (Å²) in [6, 6.07) is 18.7. The standard InChI is InChI=1S/C26H22Cl2N2O3S/c1-16-4-8-19(9-5-16)29-26-30(2)25(31)24(34-26)14-17-7-11-22(23(13-17)32-3)33-15-18-6-10-20(27)21(28)12-18/h4-14H,15H2,1-3H3/b24-14+,29-26?. The fourth-order valence-electron chi connectivity index (χ4n) is 3.22. The zero-order chi connectivity index (χ0) is 24.2. The van der Waals surface area contributed by atoms with Crippen LogP contribution in [0.3, 0.4) is 0 Å².